The minimum Gasteiger partial charge on any atom is -0.481 e. The third kappa shape index (κ3) is 2.94. The molecule has 4 heteroatoms. The molecule has 21 heavy (non-hydrogen) atoms. The van der Waals surface area contributed by atoms with Crippen LogP contribution in [0.3, 0.4) is 0 Å². The summed E-state index contributed by atoms with van der Waals surface area (Å²) >= 11 is 0. The molecule has 1 aromatic rings. The summed E-state index contributed by atoms with van der Waals surface area (Å²) in [4.78, 5) is 25.5. The predicted molar refractivity (Wildman–Crippen MR) is 80.9 cm³/mol. The molecule has 1 saturated carbocycles. The van der Waals surface area contributed by atoms with Crippen LogP contribution >= 0.6 is 0 Å². The summed E-state index contributed by atoms with van der Waals surface area (Å²) in [5.41, 5.74) is 1.42. The molecule has 0 aliphatic heterocycles. The number of hydrogen-bond acceptors (Lipinski definition) is 2. The highest BCUT2D eigenvalue weighted by molar-refractivity contribution is 5.85. The van der Waals surface area contributed by atoms with Crippen molar-refractivity contribution in [3.05, 3.63) is 35.4 Å². The number of nitrogens with zero attached hydrogens (tertiary/aromatic N) is 1. The van der Waals surface area contributed by atoms with Crippen LogP contribution in [0.2, 0.25) is 0 Å². The first-order chi connectivity index (χ1) is 9.87. The lowest BCUT2D eigenvalue weighted by atomic mass is 9.66. The maximum absolute atomic E-state index is 12.4. The van der Waals surface area contributed by atoms with Gasteiger partial charge in [-0.05, 0) is 37.8 Å². The number of carbonyl (C=O) groups is 2. The molecule has 1 aliphatic rings. The van der Waals surface area contributed by atoms with Crippen LogP contribution in [-0.2, 0) is 9.59 Å². The Hall–Kier alpha value is -1.84. The summed E-state index contributed by atoms with van der Waals surface area (Å²) in [7, 11) is 1.76. The Bertz CT molecular complexity index is 549. The van der Waals surface area contributed by atoms with E-state index in [2.05, 4.69) is 0 Å². The first-order valence-corrected chi connectivity index (χ1v) is 7.42. The average Bonchev–Trinajstić information content (AvgIpc) is 2.41. The van der Waals surface area contributed by atoms with E-state index in [0.29, 0.717) is 12.8 Å². The molecule has 1 unspecified atom stereocenters. The minimum atomic E-state index is -0.834. The third-order valence-electron chi connectivity index (χ3n) is 4.87. The van der Waals surface area contributed by atoms with Crippen molar-refractivity contribution in [3.8, 4) is 0 Å². The normalized spacial score (nSPS) is 17.7. The number of hydrogen-bond donors (Lipinski definition) is 1. The fourth-order valence-corrected chi connectivity index (χ4v) is 2.96. The standard InChI is InChI=1S/C17H23NO3/c1-12-7-4-5-8-14(12)13(2)18(3)15(19)11-17(16(20)21)9-6-10-17/h4-5,7-8,13H,6,9-11H2,1-3H3,(H,20,21). The number of aryl methyl sites for hydroxylation is 1. The Kier molecular flexibility index (Phi) is 4.35. The van der Waals surface area contributed by atoms with Gasteiger partial charge in [0.1, 0.15) is 0 Å². The zero-order valence-corrected chi connectivity index (χ0v) is 12.9. The van der Waals surface area contributed by atoms with Crippen LogP contribution in [0.1, 0.15) is 49.8 Å². The molecule has 1 aromatic carbocycles. The van der Waals surface area contributed by atoms with Crippen LogP contribution in [0, 0.1) is 12.3 Å². The molecule has 0 saturated heterocycles. The van der Waals surface area contributed by atoms with E-state index >= 15 is 0 Å². The number of carbonyl (C=O) groups excluding carboxylic acids is 1. The summed E-state index contributed by atoms with van der Waals surface area (Å²) in [5, 5.41) is 9.34. The second-order valence-corrected chi connectivity index (χ2v) is 6.15. The molecular formula is C17H23NO3. The van der Waals surface area contributed by atoms with Gasteiger partial charge in [0.2, 0.25) is 5.91 Å². The number of aliphatic carboxylic acids is 1. The molecule has 0 bridgehead atoms. The molecule has 1 amide bonds. The highest BCUT2D eigenvalue weighted by Gasteiger charge is 2.46. The smallest absolute Gasteiger partial charge is 0.310 e. The number of rotatable bonds is 5. The largest absolute Gasteiger partial charge is 0.481 e. The first kappa shape index (κ1) is 15.5. The topological polar surface area (TPSA) is 57.6 Å². The Morgan fingerprint density at radius 2 is 1.95 bits per heavy atom. The molecule has 0 aromatic heterocycles. The number of benzene rings is 1. The number of amides is 1. The first-order valence-electron chi connectivity index (χ1n) is 7.42. The van der Waals surface area contributed by atoms with Gasteiger partial charge in [-0.25, -0.2) is 0 Å². The van der Waals surface area contributed by atoms with E-state index in [1.807, 2.05) is 38.1 Å². The maximum Gasteiger partial charge on any atom is 0.310 e. The lowest BCUT2D eigenvalue weighted by molar-refractivity contribution is -0.159. The van der Waals surface area contributed by atoms with Gasteiger partial charge in [0.05, 0.1) is 11.5 Å². The number of carboxylic acids is 1. The van der Waals surface area contributed by atoms with Gasteiger partial charge in [0.15, 0.2) is 0 Å². The third-order valence-corrected chi connectivity index (χ3v) is 4.87. The van der Waals surface area contributed by atoms with Crippen molar-refractivity contribution in [1.29, 1.82) is 0 Å². The van der Waals surface area contributed by atoms with Gasteiger partial charge in [0, 0.05) is 13.5 Å². The monoisotopic (exact) mass is 289 g/mol. The highest BCUT2D eigenvalue weighted by Crippen LogP contribution is 2.44. The summed E-state index contributed by atoms with van der Waals surface area (Å²) in [6, 6.07) is 7.92. The summed E-state index contributed by atoms with van der Waals surface area (Å²) in [6.45, 7) is 4.00. The molecule has 1 aliphatic carbocycles. The molecule has 1 fully saturated rings. The Morgan fingerprint density at radius 1 is 1.33 bits per heavy atom. The molecule has 1 atom stereocenters. The highest BCUT2D eigenvalue weighted by atomic mass is 16.4. The van der Waals surface area contributed by atoms with E-state index < -0.39 is 11.4 Å². The van der Waals surface area contributed by atoms with Crippen LogP contribution in [0.5, 0.6) is 0 Å². The van der Waals surface area contributed by atoms with E-state index in [-0.39, 0.29) is 18.4 Å². The second-order valence-electron chi connectivity index (χ2n) is 6.15. The SMILES string of the molecule is Cc1ccccc1C(C)N(C)C(=O)CC1(C(=O)O)CCC1. The molecule has 4 nitrogen and oxygen atoms in total. The van der Waals surface area contributed by atoms with E-state index in [1.54, 1.807) is 11.9 Å². The zero-order valence-electron chi connectivity index (χ0n) is 12.9. The Morgan fingerprint density at radius 3 is 2.43 bits per heavy atom. The maximum atomic E-state index is 12.4. The summed E-state index contributed by atoms with van der Waals surface area (Å²) in [6.07, 6.45) is 2.23. The molecule has 0 spiro atoms. The van der Waals surface area contributed by atoms with Crippen LogP contribution < -0.4 is 0 Å². The van der Waals surface area contributed by atoms with Crippen LogP contribution in [0.25, 0.3) is 0 Å². The zero-order chi connectivity index (χ0) is 15.6. The van der Waals surface area contributed by atoms with Crippen LogP contribution in [0.4, 0.5) is 0 Å². The summed E-state index contributed by atoms with van der Waals surface area (Å²) < 4.78 is 0. The van der Waals surface area contributed by atoms with Gasteiger partial charge in [-0.1, -0.05) is 30.7 Å². The molecule has 0 radical (unpaired) electrons. The van der Waals surface area contributed by atoms with Crippen molar-refractivity contribution in [2.45, 2.75) is 45.6 Å². The molecule has 2 rings (SSSR count). The lowest BCUT2D eigenvalue weighted by Gasteiger charge is -2.39. The minimum absolute atomic E-state index is 0.0513. The molecule has 1 N–H and O–H groups in total. The van der Waals surface area contributed by atoms with Gasteiger partial charge in [-0.3, -0.25) is 9.59 Å². The van der Waals surface area contributed by atoms with Gasteiger partial charge in [0.25, 0.3) is 0 Å². The van der Waals surface area contributed by atoms with Crippen molar-refractivity contribution in [2.75, 3.05) is 7.05 Å². The van der Waals surface area contributed by atoms with Crippen molar-refractivity contribution < 1.29 is 14.7 Å². The van der Waals surface area contributed by atoms with Crippen LogP contribution in [0.15, 0.2) is 24.3 Å². The van der Waals surface area contributed by atoms with Gasteiger partial charge >= 0.3 is 5.97 Å². The van der Waals surface area contributed by atoms with Crippen LogP contribution in [-0.4, -0.2) is 28.9 Å². The second kappa shape index (κ2) is 5.88. The van der Waals surface area contributed by atoms with Crippen molar-refractivity contribution in [1.82, 2.24) is 4.90 Å². The van der Waals surface area contributed by atoms with E-state index in [4.69, 9.17) is 0 Å². The van der Waals surface area contributed by atoms with Gasteiger partial charge in [-0.15, -0.1) is 0 Å². The van der Waals surface area contributed by atoms with Crippen molar-refractivity contribution in [3.63, 3.8) is 0 Å². The predicted octanol–water partition coefficient (Wildman–Crippen LogP) is 3.16. The van der Waals surface area contributed by atoms with E-state index in [1.165, 1.54) is 0 Å². The average molecular weight is 289 g/mol. The Balaban J connectivity index is 2.09. The van der Waals surface area contributed by atoms with E-state index in [9.17, 15) is 14.7 Å². The fourth-order valence-electron chi connectivity index (χ4n) is 2.96. The quantitative estimate of drug-likeness (QED) is 0.906. The Labute approximate surface area is 125 Å². The molecule has 0 heterocycles. The lowest BCUT2D eigenvalue weighted by Crippen LogP contribution is -2.43. The molecule has 114 valence electrons. The molecular weight excluding hydrogens is 266 g/mol. The van der Waals surface area contributed by atoms with Gasteiger partial charge in [-0.2, -0.15) is 0 Å². The van der Waals surface area contributed by atoms with Gasteiger partial charge < -0.3 is 10.0 Å². The van der Waals surface area contributed by atoms with Crippen molar-refractivity contribution >= 4 is 11.9 Å². The fraction of sp³-hybridized carbons (Fsp3) is 0.529. The van der Waals surface area contributed by atoms with Crippen molar-refractivity contribution in [2.24, 2.45) is 5.41 Å². The van der Waals surface area contributed by atoms with E-state index in [0.717, 1.165) is 17.5 Å². The number of carboxylic acid groups (broad SMARTS) is 1. The summed E-state index contributed by atoms with van der Waals surface area (Å²) in [5.74, 6) is -0.924.